The van der Waals surface area contributed by atoms with E-state index in [1.807, 2.05) is 30.3 Å². The Bertz CT molecular complexity index is 356. The minimum Gasteiger partial charge on any atom is -0.501 e. The van der Waals surface area contributed by atoms with Crippen molar-refractivity contribution in [1.82, 2.24) is 0 Å². The van der Waals surface area contributed by atoms with Gasteiger partial charge in [-0.15, -0.1) is 11.6 Å². The van der Waals surface area contributed by atoms with Gasteiger partial charge in [0.1, 0.15) is 5.75 Å². The number of rotatable bonds is 12. The van der Waals surface area contributed by atoms with E-state index >= 15 is 0 Å². The molecule has 0 heterocycles. The van der Waals surface area contributed by atoms with Gasteiger partial charge in [-0.3, -0.25) is 0 Å². The zero-order valence-electron chi connectivity index (χ0n) is 12.5. The number of benzene rings is 1. The predicted octanol–water partition coefficient (Wildman–Crippen LogP) is 2.57. The van der Waals surface area contributed by atoms with Crippen LogP contribution in [0.1, 0.15) is 0 Å². The van der Waals surface area contributed by atoms with Crippen LogP contribution in [-0.4, -0.2) is 55.3 Å². The first-order valence-electron chi connectivity index (χ1n) is 6.82. The number of para-hydroxylation sites is 1. The van der Waals surface area contributed by atoms with Crippen LogP contribution < -0.4 is 4.43 Å². The Morgan fingerprint density at radius 3 is 1.95 bits per heavy atom. The van der Waals surface area contributed by atoms with Crippen molar-refractivity contribution in [3.8, 4) is 5.75 Å². The largest absolute Gasteiger partial charge is 0.567 e. The van der Waals surface area contributed by atoms with Crippen molar-refractivity contribution in [2.75, 3.05) is 46.5 Å². The highest BCUT2D eigenvalue weighted by molar-refractivity contribution is 6.62. The van der Waals surface area contributed by atoms with Crippen LogP contribution in [-0.2, 0) is 18.3 Å². The summed E-state index contributed by atoms with van der Waals surface area (Å²) >= 11 is 5.91. The summed E-state index contributed by atoms with van der Waals surface area (Å²) in [6.45, 7) is 1.75. The molecule has 0 aliphatic rings. The first kappa shape index (κ1) is 18.4. The Kier molecular flexibility index (Phi) is 9.65. The lowest BCUT2D eigenvalue weighted by Crippen LogP contribution is -2.50. The topological polar surface area (TPSA) is 46.2 Å². The van der Waals surface area contributed by atoms with Gasteiger partial charge in [-0.25, -0.2) is 0 Å². The van der Waals surface area contributed by atoms with Gasteiger partial charge in [-0.1, -0.05) is 18.2 Å². The average molecular weight is 335 g/mol. The number of halogens is 1. The third-order valence-electron chi connectivity index (χ3n) is 2.64. The van der Waals surface area contributed by atoms with Gasteiger partial charge in [0.15, 0.2) is 0 Å². The van der Waals surface area contributed by atoms with Crippen LogP contribution in [0, 0.1) is 0 Å². The molecule has 21 heavy (non-hydrogen) atoms. The zero-order valence-corrected chi connectivity index (χ0v) is 14.3. The predicted molar refractivity (Wildman–Crippen MR) is 84.0 cm³/mol. The van der Waals surface area contributed by atoms with E-state index in [1.54, 1.807) is 14.2 Å². The lowest BCUT2D eigenvalue weighted by molar-refractivity contribution is 0.0542. The van der Waals surface area contributed by atoms with Crippen molar-refractivity contribution in [3.63, 3.8) is 0 Å². The van der Waals surface area contributed by atoms with Gasteiger partial charge in [0.05, 0.1) is 26.4 Å². The molecule has 0 saturated carbocycles. The summed E-state index contributed by atoms with van der Waals surface area (Å²) in [7, 11) is 0.343. The quantitative estimate of drug-likeness (QED) is 0.334. The van der Waals surface area contributed by atoms with Crippen molar-refractivity contribution >= 4 is 20.4 Å². The highest BCUT2D eigenvalue weighted by atomic mass is 35.5. The molecular weight excluding hydrogens is 312 g/mol. The second-order valence-corrected chi connectivity index (χ2v) is 7.25. The summed E-state index contributed by atoms with van der Waals surface area (Å²) in [6, 6.07) is 10.00. The van der Waals surface area contributed by atoms with E-state index in [9.17, 15) is 0 Å². The molecule has 0 bridgehead atoms. The molecule has 120 valence electrons. The lowest BCUT2D eigenvalue weighted by atomic mass is 10.3. The molecule has 0 fully saturated rings. The lowest BCUT2D eigenvalue weighted by Gasteiger charge is -2.29. The van der Waals surface area contributed by atoms with E-state index in [2.05, 4.69) is 0 Å². The van der Waals surface area contributed by atoms with E-state index < -0.39 is 8.80 Å². The van der Waals surface area contributed by atoms with Crippen LogP contribution in [0.5, 0.6) is 5.75 Å². The van der Waals surface area contributed by atoms with Crippen LogP contribution in [0.4, 0.5) is 0 Å². The van der Waals surface area contributed by atoms with Crippen molar-refractivity contribution in [3.05, 3.63) is 30.3 Å². The molecule has 1 aromatic carbocycles. The molecule has 0 saturated heterocycles. The molecule has 0 aliphatic carbocycles. The number of hydrogen-bond donors (Lipinski definition) is 0. The fraction of sp³-hybridized carbons (Fsp3) is 0.571. The molecule has 0 radical (unpaired) electrons. The highest BCUT2D eigenvalue weighted by Gasteiger charge is 2.43. The van der Waals surface area contributed by atoms with Crippen LogP contribution in [0.2, 0.25) is 6.04 Å². The van der Waals surface area contributed by atoms with Crippen molar-refractivity contribution < 1.29 is 22.8 Å². The monoisotopic (exact) mass is 334 g/mol. The third-order valence-corrected chi connectivity index (χ3v) is 5.84. The molecule has 0 aromatic heterocycles. The molecule has 7 heteroatoms. The Labute approximate surface area is 132 Å². The number of ether oxygens (including phenoxy) is 2. The van der Waals surface area contributed by atoms with E-state index in [1.165, 1.54) is 0 Å². The molecule has 5 nitrogen and oxygen atoms in total. The van der Waals surface area contributed by atoms with Gasteiger partial charge in [-0.2, -0.15) is 0 Å². The normalized spacial score (nSPS) is 11.6. The van der Waals surface area contributed by atoms with Crippen LogP contribution in [0.25, 0.3) is 0 Å². The smallest absolute Gasteiger partial charge is 0.501 e. The summed E-state index contributed by atoms with van der Waals surface area (Å²) in [4.78, 5) is 0. The third kappa shape index (κ3) is 7.26. The van der Waals surface area contributed by atoms with Crippen LogP contribution in [0.15, 0.2) is 30.3 Å². The second-order valence-electron chi connectivity index (χ2n) is 4.22. The maximum atomic E-state index is 6.03. The summed E-state index contributed by atoms with van der Waals surface area (Å²) in [6.07, 6.45) is 0. The van der Waals surface area contributed by atoms with Gasteiger partial charge in [0, 0.05) is 26.1 Å². The minimum absolute atomic E-state index is 0.402. The molecule has 0 aliphatic heterocycles. The van der Waals surface area contributed by atoms with Crippen LogP contribution in [0.3, 0.4) is 0 Å². The Morgan fingerprint density at radius 2 is 1.48 bits per heavy atom. The van der Waals surface area contributed by atoms with Crippen molar-refractivity contribution in [1.29, 1.82) is 0 Å². The van der Waals surface area contributed by atoms with E-state index in [4.69, 9.17) is 34.4 Å². The number of methoxy groups -OCH3 is 2. The van der Waals surface area contributed by atoms with Crippen LogP contribution >= 0.6 is 11.6 Å². The average Bonchev–Trinajstić information content (AvgIpc) is 2.49. The summed E-state index contributed by atoms with van der Waals surface area (Å²) in [5.74, 6) is 1.11. The molecule has 0 unspecified atom stereocenters. The van der Waals surface area contributed by atoms with Gasteiger partial charge >= 0.3 is 8.80 Å². The highest BCUT2D eigenvalue weighted by Crippen LogP contribution is 2.21. The molecule has 1 rings (SSSR count). The maximum Gasteiger partial charge on any atom is 0.567 e. The first-order valence-corrected chi connectivity index (χ1v) is 9.29. The molecular formula is C14H23ClO5Si. The fourth-order valence-corrected chi connectivity index (χ4v) is 4.44. The summed E-state index contributed by atoms with van der Waals surface area (Å²) in [5, 5.41) is 0. The van der Waals surface area contributed by atoms with Gasteiger partial charge in [0.2, 0.25) is 0 Å². The molecule has 0 atom stereocenters. The number of hydrogen-bond acceptors (Lipinski definition) is 5. The van der Waals surface area contributed by atoms with Gasteiger partial charge in [-0.05, 0) is 12.1 Å². The molecule has 0 amide bonds. The Morgan fingerprint density at radius 1 is 0.905 bits per heavy atom. The van der Waals surface area contributed by atoms with Crippen molar-refractivity contribution in [2.45, 2.75) is 6.04 Å². The maximum absolute atomic E-state index is 6.03. The summed E-state index contributed by atoms with van der Waals surface area (Å²) in [5.41, 5.74) is 0. The molecule has 0 spiro atoms. The SMILES string of the molecule is COCCO[Si](CCCl)(OCCOC)Oc1ccccc1. The summed E-state index contributed by atoms with van der Waals surface area (Å²) < 4.78 is 27.9. The van der Waals surface area contributed by atoms with E-state index in [0.29, 0.717) is 44.1 Å². The number of alkyl halides is 1. The minimum atomic E-state index is -2.90. The Balaban J connectivity index is 2.76. The first-order chi connectivity index (χ1) is 10.3. The second kappa shape index (κ2) is 11.0. The van der Waals surface area contributed by atoms with Gasteiger partial charge < -0.3 is 22.8 Å². The zero-order chi connectivity index (χ0) is 15.4. The molecule has 0 N–H and O–H groups in total. The Hall–Kier alpha value is -0.633. The van der Waals surface area contributed by atoms with Gasteiger partial charge in [0.25, 0.3) is 0 Å². The van der Waals surface area contributed by atoms with E-state index in [-0.39, 0.29) is 0 Å². The fourth-order valence-electron chi connectivity index (χ4n) is 1.64. The molecule has 1 aromatic rings. The standard InChI is InChI=1S/C14H23ClO5Si/c1-16-9-11-18-21(13-8-15,19-12-10-17-2)20-14-6-4-3-5-7-14/h3-7H,8-13H2,1-2H3. The van der Waals surface area contributed by atoms with E-state index in [0.717, 1.165) is 0 Å². The van der Waals surface area contributed by atoms with Crippen molar-refractivity contribution in [2.24, 2.45) is 0 Å².